The number of likely N-dealkylation sites (tertiary alicyclic amines) is 1. The van der Waals surface area contributed by atoms with Gasteiger partial charge in [-0.25, -0.2) is 9.59 Å². The Hall–Kier alpha value is -3.06. The van der Waals surface area contributed by atoms with E-state index in [-0.39, 0.29) is 25.2 Å². The van der Waals surface area contributed by atoms with E-state index in [4.69, 9.17) is 9.47 Å². The van der Waals surface area contributed by atoms with Gasteiger partial charge in [0, 0.05) is 12.8 Å². The smallest absolute Gasteiger partial charge is 0.343 e. The van der Waals surface area contributed by atoms with Gasteiger partial charge in [0.1, 0.15) is 11.5 Å². The zero-order valence-electron chi connectivity index (χ0n) is 21.7. The van der Waals surface area contributed by atoms with Gasteiger partial charge in [-0.2, -0.15) is 0 Å². The van der Waals surface area contributed by atoms with E-state index in [0.717, 1.165) is 25.7 Å². The van der Waals surface area contributed by atoms with Gasteiger partial charge in [0.15, 0.2) is 13.2 Å². The molecular weight excluding hydrogens is 458 g/mol. The summed E-state index contributed by atoms with van der Waals surface area (Å²) in [6.45, 7) is 4.84. The molecule has 0 N–H and O–H groups in total. The van der Waals surface area contributed by atoms with Crippen LogP contribution in [0.4, 0.5) is 0 Å². The molecule has 0 amide bonds. The molecule has 2 aromatic rings. The second-order valence-corrected chi connectivity index (χ2v) is 9.52. The van der Waals surface area contributed by atoms with E-state index in [2.05, 4.69) is 33.7 Å². The van der Waals surface area contributed by atoms with Crippen LogP contribution >= 0.6 is 0 Å². The Kier molecular flexibility index (Phi) is 11.1. The van der Waals surface area contributed by atoms with Crippen molar-refractivity contribution in [1.29, 1.82) is 0 Å². The van der Waals surface area contributed by atoms with Crippen LogP contribution in [0.15, 0.2) is 48.5 Å². The van der Waals surface area contributed by atoms with Crippen LogP contribution in [0.3, 0.4) is 0 Å². The van der Waals surface area contributed by atoms with Crippen molar-refractivity contribution in [2.24, 2.45) is 0 Å². The maximum atomic E-state index is 11.2. The van der Waals surface area contributed by atoms with Crippen molar-refractivity contribution in [3.05, 3.63) is 59.7 Å². The molecule has 1 aliphatic heterocycles. The van der Waals surface area contributed by atoms with Crippen LogP contribution in [-0.4, -0.2) is 70.0 Å². The summed E-state index contributed by atoms with van der Waals surface area (Å²) in [5.74, 6) is 0.617. The van der Waals surface area contributed by atoms with Gasteiger partial charge in [-0.05, 0) is 67.5 Å². The molecule has 0 aromatic heterocycles. The first kappa shape index (κ1) is 27.5. The summed E-state index contributed by atoms with van der Waals surface area (Å²) < 4.78 is 21.3. The SMILES string of the molecule is COC(=O)COc1ccc(CCC[N+]2(CCCc3ccc(OCC(=O)OC)cc3)CCCCC2)cc1. The van der Waals surface area contributed by atoms with Gasteiger partial charge in [0.2, 0.25) is 0 Å². The summed E-state index contributed by atoms with van der Waals surface area (Å²) in [4.78, 5) is 22.5. The number of hydrogen-bond acceptors (Lipinski definition) is 6. The molecule has 0 unspecified atom stereocenters. The second-order valence-electron chi connectivity index (χ2n) is 9.52. The van der Waals surface area contributed by atoms with Crippen LogP contribution in [0.25, 0.3) is 0 Å². The molecule has 0 atom stereocenters. The summed E-state index contributed by atoms with van der Waals surface area (Å²) in [6.07, 6.45) is 8.40. The lowest BCUT2D eigenvalue weighted by Crippen LogP contribution is -2.52. The minimum atomic E-state index is -0.378. The predicted molar refractivity (Wildman–Crippen MR) is 138 cm³/mol. The molecule has 2 aromatic carbocycles. The standard InChI is InChI=1S/C29H40NO6/c1-33-28(31)22-35-26-14-10-24(11-15-26)8-6-20-30(18-4-3-5-19-30)21-7-9-25-12-16-27(17-13-25)36-23-29(32)34-2/h10-17H,3-9,18-23H2,1-2H3/q+1. The van der Waals surface area contributed by atoms with Crippen molar-refractivity contribution >= 4 is 11.9 Å². The number of methoxy groups -OCH3 is 2. The zero-order valence-corrected chi connectivity index (χ0v) is 21.7. The monoisotopic (exact) mass is 498 g/mol. The number of aryl methyl sites for hydroxylation is 2. The highest BCUT2D eigenvalue weighted by molar-refractivity contribution is 5.71. The van der Waals surface area contributed by atoms with Crippen LogP contribution in [0.2, 0.25) is 0 Å². The Morgan fingerprint density at radius 3 is 1.47 bits per heavy atom. The van der Waals surface area contributed by atoms with E-state index in [0.29, 0.717) is 11.5 Å². The summed E-state index contributed by atoms with van der Waals surface area (Å²) >= 11 is 0. The Morgan fingerprint density at radius 1 is 0.667 bits per heavy atom. The number of benzene rings is 2. The summed E-state index contributed by atoms with van der Waals surface area (Å²) in [5.41, 5.74) is 2.59. The largest absolute Gasteiger partial charge is 0.482 e. The predicted octanol–water partition coefficient (Wildman–Crippen LogP) is 4.36. The highest BCUT2D eigenvalue weighted by Crippen LogP contribution is 2.23. The number of rotatable bonds is 14. The molecule has 196 valence electrons. The van der Waals surface area contributed by atoms with Crippen molar-refractivity contribution in [1.82, 2.24) is 0 Å². The Balaban J connectivity index is 1.43. The molecule has 0 saturated carbocycles. The molecular formula is C29H40NO6+. The van der Waals surface area contributed by atoms with Crippen LogP contribution in [0, 0.1) is 0 Å². The number of ether oxygens (including phenoxy) is 4. The topological polar surface area (TPSA) is 71.1 Å². The molecule has 1 saturated heterocycles. The molecule has 36 heavy (non-hydrogen) atoms. The molecule has 1 fully saturated rings. The third-order valence-corrected chi connectivity index (χ3v) is 6.98. The highest BCUT2D eigenvalue weighted by atomic mass is 16.6. The van der Waals surface area contributed by atoms with E-state index < -0.39 is 0 Å². The van der Waals surface area contributed by atoms with Gasteiger partial charge in [-0.1, -0.05) is 24.3 Å². The van der Waals surface area contributed by atoms with Crippen molar-refractivity contribution in [3.8, 4) is 11.5 Å². The second kappa shape index (κ2) is 14.5. The molecule has 0 radical (unpaired) electrons. The fraction of sp³-hybridized carbons (Fsp3) is 0.517. The maximum absolute atomic E-state index is 11.2. The van der Waals surface area contributed by atoms with E-state index in [9.17, 15) is 9.59 Å². The molecule has 1 aliphatic rings. The third-order valence-electron chi connectivity index (χ3n) is 6.98. The summed E-state index contributed by atoms with van der Waals surface area (Å²) in [5, 5.41) is 0. The molecule has 0 bridgehead atoms. The molecule has 7 nitrogen and oxygen atoms in total. The van der Waals surface area contributed by atoms with Crippen LogP contribution in [0.1, 0.15) is 43.2 Å². The quantitative estimate of drug-likeness (QED) is 0.285. The molecule has 0 spiro atoms. The number of hydrogen-bond donors (Lipinski definition) is 0. The van der Waals surface area contributed by atoms with Crippen LogP contribution in [-0.2, 0) is 31.9 Å². The number of quaternary nitrogens is 1. The van der Waals surface area contributed by atoms with Gasteiger partial charge in [0.25, 0.3) is 0 Å². The highest BCUT2D eigenvalue weighted by Gasteiger charge is 2.28. The fourth-order valence-electron chi connectivity index (χ4n) is 4.89. The van der Waals surface area contributed by atoms with Crippen molar-refractivity contribution < 1.29 is 33.0 Å². The van der Waals surface area contributed by atoms with E-state index in [1.54, 1.807) is 0 Å². The minimum absolute atomic E-state index is 0.0663. The number of nitrogens with zero attached hydrogens (tertiary/aromatic N) is 1. The van der Waals surface area contributed by atoms with Crippen molar-refractivity contribution in [3.63, 3.8) is 0 Å². The first-order valence-electron chi connectivity index (χ1n) is 12.9. The van der Waals surface area contributed by atoms with Gasteiger partial charge < -0.3 is 23.4 Å². The third kappa shape index (κ3) is 9.19. The number of esters is 2. The minimum Gasteiger partial charge on any atom is -0.482 e. The lowest BCUT2D eigenvalue weighted by molar-refractivity contribution is -0.932. The lowest BCUT2D eigenvalue weighted by Gasteiger charge is -2.42. The van der Waals surface area contributed by atoms with Crippen molar-refractivity contribution in [2.45, 2.75) is 44.9 Å². The van der Waals surface area contributed by atoms with Crippen LogP contribution < -0.4 is 9.47 Å². The van der Waals surface area contributed by atoms with Gasteiger partial charge in [-0.3, -0.25) is 0 Å². The van der Waals surface area contributed by atoms with Crippen molar-refractivity contribution in [2.75, 3.05) is 53.6 Å². The molecule has 3 rings (SSSR count). The van der Waals surface area contributed by atoms with E-state index in [1.165, 1.54) is 75.3 Å². The number of carbonyl (C=O) groups is 2. The number of piperidine rings is 1. The average Bonchev–Trinajstić information content (AvgIpc) is 2.92. The van der Waals surface area contributed by atoms with Gasteiger partial charge in [0.05, 0.1) is 40.4 Å². The molecule has 0 aliphatic carbocycles. The Labute approximate surface area is 214 Å². The van der Waals surface area contributed by atoms with E-state index in [1.807, 2.05) is 24.3 Å². The molecule has 1 heterocycles. The van der Waals surface area contributed by atoms with Crippen LogP contribution in [0.5, 0.6) is 11.5 Å². The zero-order chi connectivity index (χ0) is 25.6. The van der Waals surface area contributed by atoms with E-state index >= 15 is 0 Å². The molecule has 7 heteroatoms. The normalized spacial score (nSPS) is 14.6. The van der Waals surface area contributed by atoms with Gasteiger partial charge in [-0.15, -0.1) is 0 Å². The maximum Gasteiger partial charge on any atom is 0.343 e. The van der Waals surface area contributed by atoms with Gasteiger partial charge >= 0.3 is 11.9 Å². The summed E-state index contributed by atoms with van der Waals surface area (Å²) in [6, 6.07) is 16.1. The first-order valence-corrected chi connectivity index (χ1v) is 12.9. The lowest BCUT2D eigenvalue weighted by atomic mass is 10.0. The Morgan fingerprint density at radius 2 is 1.08 bits per heavy atom. The Bertz CT molecular complexity index is 864. The summed E-state index contributed by atoms with van der Waals surface area (Å²) in [7, 11) is 2.71. The number of carbonyl (C=O) groups excluding carboxylic acids is 2. The first-order chi connectivity index (χ1) is 17.5. The average molecular weight is 499 g/mol. The fourth-order valence-corrected chi connectivity index (χ4v) is 4.89.